The van der Waals surface area contributed by atoms with E-state index >= 15 is 0 Å². The van der Waals surface area contributed by atoms with Crippen molar-refractivity contribution in [3.63, 3.8) is 0 Å². The zero-order valence-corrected chi connectivity index (χ0v) is 12.8. The summed E-state index contributed by atoms with van der Waals surface area (Å²) in [6.07, 6.45) is 2.43. The van der Waals surface area contributed by atoms with Crippen molar-refractivity contribution < 1.29 is 9.90 Å². The van der Waals surface area contributed by atoms with Gasteiger partial charge in [-0.25, -0.2) is 9.97 Å². The fraction of sp³-hybridized carbons (Fsp3) is 0.538. The quantitative estimate of drug-likeness (QED) is 0.625. The van der Waals surface area contributed by atoms with Crippen LogP contribution in [0, 0.1) is 11.3 Å². The Morgan fingerprint density at radius 3 is 2.67 bits per heavy atom. The van der Waals surface area contributed by atoms with Crippen LogP contribution in [0.1, 0.15) is 12.5 Å². The summed E-state index contributed by atoms with van der Waals surface area (Å²) in [4.78, 5) is 23.8. The van der Waals surface area contributed by atoms with Gasteiger partial charge in [-0.1, -0.05) is 11.8 Å². The molecule has 0 spiro atoms. The average Bonchev–Trinajstić information content (AvgIpc) is 2.53. The first-order valence-corrected chi connectivity index (χ1v) is 7.82. The Kier molecular flexibility index (Phi) is 4.98. The highest BCUT2D eigenvalue weighted by Crippen LogP contribution is 2.21. The first kappa shape index (κ1) is 15.5. The largest absolute Gasteiger partial charge is 0.384 e. The third-order valence-electron chi connectivity index (χ3n) is 3.30. The molecule has 7 nitrogen and oxygen atoms in total. The Balaban J connectivity index is 2.12. The third kappa shape index (κ3) is 3.43. The molecule has 0 aliphatic carbocycles. The highest BCUT2D eigenvalue weighted by atomic mass is 32.2. The lowest BCUT2D eigenvalue weighted by molar-refractivity contribution is -0.139. The molecule has 1 saturated heterocycles. The van der Waals surface area contributed by atoms with Gasteiger partial charge in [0.05, 0.1) is 6.20 Å². The monoisotopic (exact) mass is 307 g/mol. The molecule has 21 heavy (non-hydrogen) atoms. The number of piperazine rings is 1. The van der Waals surface area contributed by atoms with Crippen LogP contribution in [0.5, 0.6) is 0 Å². The number of anilines is 1. The molecule has 0 saturated carbocycles. The van der Waals surface area contributed by atoms with E-state index in [0.29, 0.717) is 42.7 Å². The van der Waals surface area contributed by atoms with E-state index in [1.54, 1.807) is 4.90 Å². The number of thioether (sulfide) groups is 1. The predicted octanol–water partition coefficient (Wildman–Crippen LogP) is 0.0996. The second-order valence-electron chi connectivity index (χ2n) is 4.69. The van der Waals surface area contributed by atoms with Crippen LogP contribution in [0.2, 0.25) is 0 Å². The van der Waals surface area contributed by atoms with E-state index in [1.807, 2.05) is 11.2 Å². The molecule has 1 N–H and O–H groups in total. The summed E-state index contributed by atoms with van der Waals surface area (Å²) in [5.74, 6) is 0.351. The first-order valence-electron chi connectivity index (χ1n) is 6.59. The van der Waals surface area contributed by atoms with Crippen molar-refractivity contribution in [1.82, 2.24) is 14.9 Å². The number of nitriles is 1. The minimum absolute atomic E-state index is 0.261. The Morgan fingerprint density at radius 1 is 1.48 bits per heavy atom. The van der Waals surface area contributed by atoms with Crippen molar-refractivity contribution in [2.24, 2.45) is 0 Å². The topological polar surface area (TPSA) is 93.4 Å². The summed E-state index contributed by atoms with van der Waals surface area (Å²) < 4.78 is 0. The second kappa shape index (κ2) is 6.74. The average molecular weight is 307 g/mol. The van der Waals surface area contributed by atoms with Gasteiger partial charge in [-0.3, -0.25) is 4.79 Å². The lowest BCUT2D eigenvalue weighted by Crippen LogP contribution is -2.51. The van der Waals surface area contributed by atoms with Crippen molar-refractivity contribution >= 4 is 23.5 Å². The van der Waals surface area contributed by atoms with Gasteiger partial charge in [-0.05, 0) is 13.2 Å². The molecule has 1 aromatic rings. The van der Waals surface area contributed by atoms with E-state index in [2.05, 4.69) is 16.0 Å². The molecule has 8 heteroatoms. The molecule has 0 bridgehead atoms. The third-order valence-corrected chi connectivity index (χ3v) is 3.86. The Bertz CT molecular complexity index is 564. The number of carbonyl (C=O) groups excluding carboxylic acids is 1. The smallest absolute Gasteiger partial charge is 0.251 e. The van der Waals surface area contributed by atoms with Crippen LogP contribution in [0.15, 0.2) is 11.4 Å². The van der Waals surface area contributed by atoms with Crippen LogP contribution in [0.3, 0.4) is 0 Å². The van der Waals surface area contributed by atoms with E-state index in [-0.39, 0.29) is 5.91 Å². The van der Waals surface area contributed by atoms with Gasteiger partial charge in [0.1, 0.15) is 17.7 Å². The van der Waals surface area contributed by atoms with E-state index in [4.69, 9.17) is 5.26 Å². The highest BCUT2D eigenvalue weighted by molar-refractivity contribution is 7.98. The standard InChI is InChI=1S/C13H17N5O2S/c1-9(19)12(20)18-5-3-17(4-6-18)11-10(7-14)8-15-13(16-11)21-2/h8-9,19H,3-6H2,1-2H3. The van der Waals surface area contributed by atoms with E-state index in [1.165, 1.54) is 24.9 Å². The maximum atomic E-state index is 11.7. The molecule has 2 heterocycles. The normalized spacial score (nSPS) is 16.5. The number of aliphatic hydroxyl groups is 1. The number of nitrogens with zero attached hydrogens (tertiary/aromatic N) is 5. The Morgan fingerprint density at radius 2 is 2.14 bits per heavy atom. The summed E-state index contributed by atoms with van der Waals surface area (Å²) in [5, 5.41) is 19.1. The van der Waals surface area contributed by atoms with Gasteiger partial charge in [-0.15, -0.1) is 0 Å². The highest BCUT2D eigenvalue weighted by Gasteiger charge is 2.25. The Labute approximate surface area is 127 Å². The molecule has 1 aromatic heterocycles. The van der Waals surface area contributed by atoms with Gasteiger partial charge < -0.3 is 14.9 Å². The molecule has 1 amide bonds. The summed E-state index contributed by atoms with van der Waals surface area (Å²) in [6.45, 7) is 3.65. The lowest BCUT2D eigenvalue weighted by atomic mass is 10.2. The summed E-state index contributed by atoms with van der Waals surface area (Å²) in [6, 6.07) is 2.10. The number of rotatable bonds is 3. The van der Waals surface area contributed by atoms with Crippen molar-refractivity contribution in [2.75, 3.05) is 37.3 Å². The van der Waals surface area contributed by atoms with Crippen LogP contribution in [-0.2, 0) is 4.79 Å². The molecular weight excluding hydrogens is 290 g/mol. The molecule has 1 aliphatic rings. The Hall–Kier alpha value is -1.85. The number of hydrogen-bond acceptors (Lipinski definition) is 7. The molecule has 1 atom stereocenters. The number of carbonyl (C=O) groups is 1. The number of aliphatic hydroxyl groups excluding tert-OH is 1. The van der Waals surface area contributed by atoms with Gasteiger partial charge in [0.15, 0.2) is 11.0 Å². The van der Waals surface area contributed by atoms with Gasteiger partial charge >= 0.3 is 0 Å². The zero-order valence-electron chi connectivity index (χ0n) is 12.0. The lowest BCUT2D eigenvalue weighted by Gasteiger charge is -2.36. The maximum absolute atomic E-state index is 11.7. The fourth-order valence-electron chi connectivity index (χ4n) is 2.18. The van der Waals surface area contributed by atoms with Crippen molar-refractivity contribution in [2.45, 2.75) is 18.2 Å². The maximum Gasteiger partial charge on any atom is 0.251 e. The van der Waals surface area contributed by atoms with Crippen molar-refractivity contribution in [3.8, 4) is 6.07 Å². The van der Waals surface area contributed by atoms with Crippen LogP contribution < -0.4 is 4.90 Å². The molecule has 1 unspecified atom stereocenters. The number of amides is 1. The van der Waals surface area contributed by atoms with Crippen molar-refractivity contribution in [1.29, 1.82) is 5.26 Å². The number of hydrogen-bond donors (Lipinski definition) is 1. The molecule has 1 aliphatic heterocycles. The van der Waals surface area contributed by atoms with Crippen LogP contribution >= 0.6 is 11.8 Å². The van der Waals surface area contributed by atoms with E-state index < -0.39 is 6.10 Å². The SMILES string of the molecule is CSc1ncc(C#N)c(N2CCN(C(=O)C(C)O)CC2)n1. The van der Waals surface area contributed by atoms with Crippen molar-refractivity contribution in [3.05, 3.63) is 11.8 Å². The zero-order chi connectivity index (χ0) is 15.4. The predicted molar refractivity (Wildman–Crippen MR) is 79.0 cm³/mol. The van der Waals surface area contributed by atoms with Gasteiger partial charge in [0, 0.05) is 26.2 Å². The molecule has 1 fully saturated rings. The van der Waals surface area contributed by atoms with Gasteiger partial charge in [0.25, 0.3) is 5.91 Å². The van der Waals surface area contributed by atoms with E-state index in [9.17, 15) is 9.90 Å². The second-order valence-corrected chi connectivity index (χ2v) is 5.47. The molecular formula is C13H17N5O2S. The van der Waals surface area contributed by atoms with Gasteiger partial charge in [-0.2, -0.15) is 5.26 Å². The molecule has 2 rings (SSSR count). The van der Waals surface area contributed by atoms with Crippen LogP contribution in [0.4, 0.5) is 5.82 Å². The van der Waals surface area contributed by atoms with E-state index in [0.717, 1.165) is 0 Å². The summed E-state index contributed by atoms with van der Waals surface area (Å²) in [5.41, 5.74) is 0.433. The summed E-state index contributed by atoms with van der Waals surface area (Å²) in [7, 11) is 0. The molecule has 0 aromatic carbocycles. The molecule has 0 radical (unpaired) electrons. The minimum Gasteiger partial charge on any atom is -0.384 e. The number of aromatic nitrogens is 2. The van der Waals surface area contributed by atoms with Crippen LogP contribution in [0.25, 0.3) is 0 Å². The minimum atomic E-state index is -0.978. The van der Waals surface area contributed by atoms with Gasteiger partial charge in [0.2, 0.25) is 0 Å². The first-order chi connectivity index (χ1) is 10.1. The van der Waals surface area contributed by atoms with Crippen LogP contribution in [-0.4, -0.2) is 64.4 Å². The fourth-order valence-corrected chi connectivity index (χ4v) is 2.51. The summed E-state index contributed by atoms with van der Waals surface area (Å²) >= 11 is 1.42. The molecule has 112 valence electrons.